The first-order valence-electron chi connectivity index (χ1n) is 5.54. The molecule has 0 aromatic heterocycles. The van der Waals surface area contributed by atoms with E-state index < -0.39 is 0 Å². The summed E-state index contributed by atoms with van der Waals surface area (Å²) >= 11 is 6.03. The van der Waals surface area contributed by atoms with E-state index >= 15 is 0 Å². The first-order chi connectivity index (χ1) is 8.65. The van der Waals surface area contributed by atoms with Crippen LogP contribution in [0.2, 0.25) is 5.02 Å². The smallest absolute Gasteiger partial charge is 0.308 e. The summed E-state index contributed by atoms with van der Waals surface area (Å²) in [4.78, 5) is 11.7. The Morgan fingerprint density at radius 2 is 1.78 bits per heavy atom. The molecule has 2 rings (SSSR count). The molecule has 0 unspecified atom stereocenters. The van der Waals surface area contributed by atoms with Crippen LogP contribution in [0.1, 0.15) is 5.56 Å². The summed E-state index contributed by atoms with van der Waals surface area (Å²) in [6, 6.07) is 14.4. The van der Waals surface area contributed by atoms with Gasteiger partial charge in [0, 0.05) is 5.69 Å². The van der Waals surface area contributed by atoms with Crippen molar-refractivity contribution in [1.82, 2.24) is 0 Å². The Hall–Kier alpha value is -2.00. The highest BCUT2D eigenvalue weighted by Crippen LogP contribution is 2.22. The molecule has 0 bridgehead atoms. The van der Waals surface area contributed by atoms with E-state index in [9.17, 15) is 4.79 Å². The van der Waals surface area contributed by atoms with Crippen molar-refractivity contribution >= 4 is 29.0 Å². The molecule has 3 nitrogen and oxygen atoms in total. The van der Waals surface area contributed by atoms with Gasteiger partial charge in [0.2, 0.25) is 0 Å². The maximum atomic E-state index is 11.7. The Morgan fingerprint density at radius 1 is 1.06 bits per heavy atom. The van der Waals surface area contributed by atoms with Crippen LogP contribution in [-0.4, -0.2) is 6.03 Å². The lowest BCUT2D eigenvalue weighted by Crippen LogP contribution is -2.19. The summed E-state index contributed by atoms with van der Waals surface area (Å²) in [6.45, 7) is 1.94. The number of benzene rings is 2. The number of anilines is 2. The molecule has 2 amide bonds. The molecular formula is C14H13ClN2O. The molecule has 0 spiro atoms. The summed E-state index contributed by atoms with van der Waals surface area (Å²) in [5, 5.41) is 5.95. The number of hydrogen-bond acceptors (Lipinski definition) is 1. The van der Waals surface area contributed by atoms with Crippen LogP contribution >= 0.6 is 11.6 Å². The Balaban J connectivity index is 2.03. The predicted octanol–water partition coefficient (Wildman–Crippen LogP) is 4.29. The van der Waals surface area contributed by atoms with E-state index in [1.807, 2.05) is 43.3 Å². The molecule has 92 valence electrons. The van der Waals surface area contributed by atoms with E-state index in [-0.39, 0.29) is 6.03 Å². The van der Waals surface area contributed by atoms with Gasteiger partial charge in [-0.3, -0.25) is 0 Å². The highest BCUT2D eigenvalue weighted by Gasteiger charge is 2.05. The van der Waals surface area contributed by atoms with Crippen LogP contribution in [0.15, 0.2) is 48.5 Å². The van der Waals surface area contributed by atoms with Crippen molar-refractivity contribution in [3.8, 4) is 0 Å². The second-order valence-corrected chi connectivity index (χ2v) is 4.34. The Labute approximate surface area is 111 Å². The van der Waals surface area contributed by atoms with E-state index in [1.165, 1.54) is 0 Å². The highest BCUT2D eigenvalue weighted by molar-refractivity contribution is 6.33. The van der Waals surface area contributed by atoms with Crippen molar-refractivity contribution in [2.45, 2.75) is 6.92 Å². The molecule has 0 aliphatic carbocycles. The molecule has 18 heavy (non-hydrogen) atoms. The zero-order valence-electron chi connectivity index (χ0n) is 9.91. The fourth-order valence-corrected chi connectivity index (χ4v) is 1.81. The number of rotatable bonds is 2. The third-order valence-corrected chi connectivity index (χ3v) is 2.72. The van der Waals surface area contributed by atoms with Crippen LogP contribution in [0, 0.1) is 6.92 Å². The summed E-state index contributed by atoms with van der Waals surface area (Å²) in [7, 11) is 0. The van der Waals surface area contributed by atoms with Crippen LogP contribution in [0.5, 0.6) is 0 Å². The molecule has 0 radical (unpaired) electrons. The SMILES string of the molecule is Cc1ccc(NC(=O)Nc2ccccc2)c(Cl)c1. The summed E-state index contributed by atoms with van der Waals surface area (Å²) in [5.74, 6) is 0. The lowest BCUT2D eigenvalue weighted by Gasteiger charge is -2.09. The standard InChI is InChI=1S/C14H13ClN2O/c1-10-7-8-13(12(15)9-10)17-14(18)16-11-5-3-2-4-6-11/h2-9H,1H3,(H2,16,17,18). The van der Waals surface area contributed by atoms with Gasteiger partial charge < -0.3 is 10.6 Å². The molecule has 0 aliphatic heterocycles. The van der Waals surface area contributed by atoms with Crippen molar-refractivity contribution < 1.29 is 4.79 Å². The van der Waals surface area contributed by atoms with Gasteiger partial charge in [0.1, 0.15) is 0 Å². The second kappa shape index (κ2) is 5.56. The van der Waals surface area contributed by atoms with Crippen LogP contribution < -0.4 is 10.6 Å². The topological polar surface area (TPSA) is 41.1 Å². The maximum absolute atomic E-state index is 11.7. The van der Waals surface area contributed by atoms with Gasteiger partial charge in [0.25, 0.3) is 0 Å². The Bertz CT molecular complexity index is 555. The second-order valence-electron chi connectivity index (χ2n) is 3.93. The molecule has 2 aromatic rings. The maximum Gasteiger partial charge on any atom is 0.323 e. The van der Waals surface area contributed by atoms with E-state index in [0.29, 0.717) is 10.7 Å². The molecule has 0 fully saturated rings. The zero-order chi connectivity index (χ0) is 13.0. The van der Waals surface area contributed by atoms with Crippen LogP contribution in [-0.2, 0) is 0 Å². The summed E-state index contributed by atoms with van der Waals surface area (Å²) in [5.41, 5.74) is 2.38. The lowest BCUT2D eigenvalue weighted by atomic mass is 10.2. The molecule has 0 atom stereocenters. The van der Waals surface area contributed by atoms with Crippen LogP contribution in [0.4, 0.5) is 16.2 Å². The van der Waals surface area contributed by atoms with Gasteiger partial charge in [-0.1, -0.05) is 35.9 Å². The molecular weight excluding hydrogens is 248 g/mol. The first kappa shape index (κ1) is 12.5. The third-order valence-electron chi connectivity index (χ3n) is 2.40. The number of urea groups is 1. The van der Waals surface area contributed by atoms with Gasteiger partial charge in [0.15, 0.2) is 0 Å². The molecule has 0 aliphatic rings. The molecule has 0 saturated carbocycles. The van der Waals surface area contributed by atoms with Crippen LogP contribution in [0.3, 0.4) is 0 Å². The number of amides is 2. The van der Waals surface area contributed by atoms with Gasteiger partial charge in [-0.15, -0.1) is 0 Å². The molecule has 0 saturated heterocycles. The average Bonchev–Trinajstić information content (AvgIpc) is 2.34. The summed E-state index contributed by atoms with van der Waals surface area (Å²) in [6.07, 6.45) is 0. The molecule has 2 aromatic carbocycles. The number of halogens is 1. The molecule has 2 N–H and O–H groups in total. The number of para-hydroxylation sites is 1. The van der Waals surface area contributed by atoms with E-state index in [4.69, 9.17) is 11.6 Å². The van der Waals surface area contributed by atoms with Gasteiger partial charge >= 0.3 is 6.03 Å². The van der Waals surface area contributed by atoms with Gasteiger partial charge in [-0.2, -0.15) is 0 Å². The van der Waals surface area contributed by atoms with Crippen LogP contribution in [0.25, 0.3) is 0 Å². The average molecular weight is 261 g/mol. The van der Waals surface area contributed by atoms with E-state index in [2.05, 4.69) is 10.6 Å². The Kier molecular flexibility index (Phi) is 3.85. The summed E-state index contributed by atoms with van der Waals surface area (Å²) < 4.78 is 0. The molecule has 4 heteroatoms. The van der Waals surface area contributed by atoms with Crippen molar-refractivity contribution in [2.75, 3.05) is 10.6 Å². The van der Waals surface area contributed by atoms with Crippen molar-refractivity contribution in [3.05, 3.63) is 59.1 Å². The third kappa shape index (κ3) is 3.25. The number of carbonyl (C=O) groups is 1. The largest absolute Gasteiger partial charge is 0.323 e. The lowest BCUT2D eigenvalue weighted by molar-refractivity contribution is 0.262. The monoisotopic (exact) mass is 260 g/mol. The van der Waals surface area contributed by atoms with Crippen molar-refractivity contribution in [2.24, 2.45) is 0 Å². The zero-order valence-corrected chi connectivity index (χ0v) is 10.7. The minimum atomic E-state index is -0.313. The van der Waals surface area contributed by atoms with E-state index in [1.54, 1.807) is 12.1 Å². The van der Waals surface area contributed by atoms with Crippen molar-refractivity contribution in [3.63, 3.8) is 0 Å². The normalized spacial score (nSPS) is 9.89. The number of aryl methyl sites for hydroxylation is 1. The number of carbonyl (C=O) groups excluding carboxylic acids is 1. The first-order valence-corrected chi connectivity index (χ1v) is 5.92. The van der Waals surface area contributed by atoms with Gasteiger partial charge in [-0.05, 0) is 36.8 Å². The number of nitrogens with one attached hydrogen (secondary N) is 2. The Morgan fingerprint density at radius 3 is 2.44 bits per heavy atom. The highest BCUT2D eigenvalue weighted by atomic mass is 35.5. The van der Waals surface area contributed by atoms with E-state index in [0.717, 1.165) is 11.3 Å². The van der Waals surface area contributed by atoms with Gasteiger partial charge in [0.05, 0.1) is 10.7 Å². The predicted molar refractivity (Wildman–Crippen MR) is 75.3 cm³/mol. The minimum Gasteiger partial charge on any atom is -0.308 e. The number of hydrogen-bond donors (Lipinski definition) is 2. The fraction of sp³-hybridized carbons (Fsp3) is 0.0714. The van der Waals surface area contributed by atoms with Gasteiger partial charge in [-0.25, -0.2) is 4.79 Å². The molecule has 0 heterocycles. The van der Waals surface area contributed by atoms with Crippen molar-refractivity contribution in [1.29, 1.82) is 0 Å². The fourth-order valence-electron chi connectivity index (χ4n) is 1.53. The minimum absolute atomic E-state index is 0.313. The quantitative estimate of drug-likeness (QED) is 0.831.